The quantitative estimate of drug-likeness (QED) is 0.854. The van der Waals surface area contributed by atoms with E-state index in [0.717, 1.165) is 19.3 Å². The number of amides is 2. The summed E-state index contributed by atoms with van der Waals surface area (Å²) < 4.78 is 1.94. The highest BCUT2D eigenvalue weighted by molar-refractivity contribution is 5.74. The third-order valence-corrected chi connectivity index (χ3v) is 3.69. The van der Waals surface area contributed by atoms with Crippen LogP contribution in [0.5, 0.6) is 0 Å². The van der Waals surface area contributed by atoms with Crippen molar-refractivity contribution in [2.75, 3.05) is 20.2 Å². The number of aliphatic hydroxyl groups excluding tert-OH is 1. The monoisotopic (exact) mass is 266 g/mol. The second-order valence-corrected chi connectivity index (χ2v) is 5.04. The Morgan fingerprint density at radius 2 is 2.32 bits per heavy atom. The van der Waals surface area contributed by atoms with Crippen LogP contribution in [0.15, 0.2) is 18.5 Å². The first kappa shape index (κ1) is 13.9. The summed E-state index contributed by atoms with van der Waals surface area (Å²) in [7, 11) is 1.69. The highest BCUT2D eigenvalue weighted by Crippen LogP contribution is 2.28. The molecule has 1 heterocycles. The number of nitrogens with one attached hydrogen (secondary N) is 1. The zero-order valence-corrected chi connectivity index (χ0v) is 11.3. The Bertz CT molecular complexity index is 393. The van der Waals surface area contributed by atoms with Crippen molar-refractivity contribution in [3.8, 4) is 0 Å². The van der Waals surface area contributed by atoms with Gasteiger partial charge in [-0.25, -0.2) is 4.79 Å². The average Bonchev–Trinajstić information content (AvgIpc) is 2.93. The molecule has 2 amide bonds. The first-order chi connectivity index (χ1) is 9.22. The lowest BCUT2D eigenvalue weighted by Gasteiger charge is -2.33. The van der Waals surface area contributed by atoms with Crippen molar-refractivity contribution in [2.24, 2.45) is 0 Å². The van der Waals surface area contributed by atoms with Crippen molar-refractivity contribution in [2.45, 2.75) is 37.8 Å². The maximum atomic E-state index is 12.0. The fraction of sp³-hybridized carbons (Fsp3) is 0.692. The molecule has 2 rings (SSSR count). The Morgan fingerprint density at radius 3 is 3.00 bits per heavy atom. The summed E-state index contributed by atoms with van der Waals surface area (Å²) in [5.74, 6) is 0. The van der Waals surface area contributed by atoms with Crippen LogP contribution in [0.2, 0.25) is 0 Å². The number of aromatic nitrogens is 2. The molecule has 1 aliphatic carbocycles. The van der Waals surface area contributed by atoms with Crippen LogP contribution in [-0.2, 0) is 0 Å². The van der Waals surface area contributed by atoms with Crippen LogP contribution >= 0.6 is 0 Å². The standard InChI is InChI=1S/C13H22N4O2/c1-16(9-10-18)13(19)15-11-5-2-3-6-12(11)17-8-4-7-14-17/h4,7-8,11-12,18H,2-3,5-6,9-10H2,1H3,(H,15,19). The van der Waals surface area contributed by atoms with Crippen molar-refractivity contribution < 1.29 is 9.90 Å². The van der Waals surface area contributed by atoms with Gasteiger partial charge in [-0.3, -0.25) is 4.68 Å². The molecule has 6 nitrogen and oxygen atoms in total. The van der Waals surface area contributed by atoms with Gasteiger partial charge in [0.1, 0.15) is 0 Å². The molecule has 2 atom stereocenters. The van der Waals surface area contributed by atoms with Crippen LogP contribution in [-0.4, -0.2) is 52.1 Å². The Labute approximate surface area is 113 Å². The number of hydrogen-bond donors (Lipinski definition) is 2. The third-order valence-electron chi connectivity index (χ3n) is 3.69. The molecule has 1 aromatic rings. The lowest BCUT2D eigenvalue weighted by Crippen LogP contribution is -2.48. The van der Waals surface area contributed by atoms with Gasteiger partial charge in [0.05, 0.1) is 18.7 Å². The zero-order valence-electron chi connectivity index (χ0n) is 11.3. The van der Waals surface area contributed by atoms with E-state index < -0.39 is 0 Å². The van der Waals surface area contributed by atoms with E-state index >= 15 is 0 Å². The number of nitrogens with zero attached hydrogens (tertiary/aromatic N) is 3. The second kappa shape index (κ2) is 6.56. The first-order valence-corrected chi connectivity index (χ1v) is 6.84. The van der Waals surface area contributed by atoms with Gasteiger partial charge in [0.2, 0.25) is 0 Å². The molecule has 106 valence electrons. The molecule has 2 unspecified atom stereocenters. The summed E-state index contributed by atoms with van der Waals surface area (Å²) in [5.41, 5.74) is 0. The Balaban J connectivity index is 1.98. The Hall–Kier alpha value is -1.56. The minimum atomic E-state index is -0.127. The van der Waals surface area contributed by atoms with E-state index in [1.54, 1.807) is 13.2 Å². The summed E-state index contributed by atoms with van der Waals surface area (Å²) in [4.78, 5) is 13.5. The molecule has 0 aromatic carbocycles. The van der Waals surface area contributed by atoms with Gasteiger partial charge in [0.25, 0.3) is 0 Å². The number of carbonyl (C=O) groups excluding carboxylic acids is 1. The minimum Gasteiger partial charge on any atom is -0.395 e. The summed E-state index contributed by atoms with van der Waals surface area (Å²) in [6, 6.07) is 2.13. The van der Waals surface area contributed by atoms with Gasteiger partial charge in [-0.2, -0.15) is 5.10 Å². The fourth-order valence-electron chi connectivity index (χ4n) is 2.59. The predicted octanol–water partition coefficient (Wildman–Crippen LogP) is 1.00. The SMILES string of the molecule is CN(CCO)C(=O)NC1CCCCC1n1cccn1. The number of likely N-dealkylation sites (N-methyl/N-ethyl adjacent to an activating group) is 1. The minimum absolute atomic E-state index is 0.0167. The molecule has 1 aromatic heterocycles. The summed E-state index contributed by atoms with van der Waals surface area (Å²) >= 11 is 0. The van der Waals surface area contributed by atoms with Crippen molar-refractivity contribution in [3.05, 3.63) is 18.5 Å². The van der Waals surface area contributed by atoms with Crippen molar-refractivity contribution in [1.29, 1.82) is 0 Å². The van der Waals surface area contributed by atoms with E-state index in [4.69, 9.17) is 5.11 Å². The van der Waals surface area contributed by atoms with Crippen LogP contribution in [0.4, 0.5) is 4.79 Å². The van der Waals surface area contributed by atoms with Crippen LogP contribution in [0.3, 0.4) is 0 Å². The average molecular weight is 266 g/mol. The molecule has 19 heavy (non-hydrogen) atoms. The van der Waals surface area contributed by atoms with Gasteiger partial charge in [0, 0.05) is 26.0 Å². The van der Waals surface area contributed by atoms with Gasteiger partial charge in [-0.15, -0.1) is 0 Å². The molecule has 0 spiro atoms. The fourth-order valence-corrected chi connectivity index (χ4v) is 2.59. The highest BCUT2D eigenvalue weighted by Gasteiger charge is 2.28. The second-order valence-electron chi connectivity index (χ2n) is 5.04. The topological polar surface area (TPSA) is 70.4 Å². The Kier molecular flexibility index (Phi) is 4.79. The van der Waals surface area contributed by atoms with Crippen LogP contribution < -0.4 is 5.32 Å². The number of hydrogen-bond acceptors (Lipinski definition) is 3. The highest BCUT2D eigenvalue weighted by atomic mass is 16.3. The third kappa shape index (κ3) is 3.47. The normalized spacial score (nSPS) is 23.1. The Morgan fingerprint density at radius 1 is 1.53 bits per heavy atom. The predicted molar refractivity (Wildman–Crippen MR) is 71.8 cm³/mol. The van der Waals surface area contributed by atoms with Crippen molar-refractivity contribution >= 4 is 6.03 Å². The molecule has 6 heteroatoms. The molecule has 0 saturated heterocycles. The van der Waals surface area contributed by atoms with Gasteiger partial charge in [0.15, 0.2) is 0 Å². The van der Waals surface area contributed by atoms with E-state index in [-0.39, 0.29) is 24.7 Å². The van der Waals surface area contributed by atoms with E-state index in [2.05, 4.69) is 10.4 Å². The number of urea groups is 1. The largest absolute Gasteiger partial charge is 0.395 e. The molecule has 0 radical (unpaired) electrons. The van der Waals surface area contributed by atoms with Crippen LogP contribution in [0.25, 0.3) is 0 Å². The van der Waals surface area contributed by atoms with Gasteiger partial charge in [-0.05, 0) is 18.9 Å². The molecule has 1 saturated carbocycles. The number of carbonyl (C=O) groups is 1. The molecular formula is C13H22N4O2. The van der Waals surface area contributed by atoms with Gasteiger partial charge >= 0.3 is 6.03 Å². The molecule has 1 fully saturated rings. The molecule has 0 bridgehead atoms. The van der Waals surface area contributed by atoms with Crippen molar-refractivity contribution in [3.63, 3.8) is 0 Å². The maximum Gasteiger partial charge on any atom is 0.317 e. The van der Waals surface area contributed by atoms with E-state index in [1.165, 1.54) is 11.3 Å². The van der Waals surface area contributed by atoms with E-state index in [9.17, 15) is 4.79 Å². The summed E-state index contributed by atoms with van der Waals surface area (Å²) in [6.45, 7) is 0.335. The van der Waals surface area contributed by atoms with Crippen LogP contribution in [0, 0.1) is 0 Å². The summed E-state index contributed by atoms with van der Waals surface area (Å²) in [5, 5.41) is 16.2. The number of aliphatic hydroxyl groups is 1. The first-order valence-electron chi connectivity index (χ1n) is 6.84. The van der Waals surface area contributed by atoms with E-state index in [0.29, 0.717) is 6.54 Å². The maximum absolute atomic E-state index is 12.0. The van der Waals surface area contributed by atoms with Gasteiger partial charge in [-0.1, -0.05) is 12.8 Å². The molecule has 2 N–H and O–H groups in total. The van der Waals surface area contributed by atoms with E-state index in [1.807, 2.05) is 16.9 Å². The molecular weight excluding hydrogens is 244 g/mol. The zero-order chi connectivity index (χ0) is 13.7. The molecule has 1 aliphatic rings. The summed E-state index contributed by atoms with van der Waals surface area (Å²) in [6.07, 6.45) is 8.04. The lowest BCUT2D eigenvalue weighted by atomic mass is 9.90. The molecule has 0 aliphatic heterocycles. The van der Waals surface area contributed by atoms with Crippen molar-refractivity contribution in [1.82, 2.24) is 20.0 Å². The van der Waals surface area contributed by atoms with Gasteiger partial charge < -0.3 is 15.3 Å². The lowest BCUT2D eigenvalue weighted by molar-refractivity contribution is 0.174. The smallest absolute Gasteiger partial charge is 0.317 e. The number of rotatable bonds is 4. The van der Waals surface area contributed by atoms with Crippen LogP contribution in [0.1, 0.15) is 31.7 Å².